The number of nitrogens with zero attached hydrogens (tertiary/aromatic N) is 5. The molecule has 0 spiro atoms. The van der Waals surface area contributed by atoms with E-state index in [-0.39, 0.29) is 5.63 Å². The lowest BCUT2D eigenvalue weighted by molar-refractivity contribution is 0.0331. The lowest BCUT2D eigenvalue weighted by Gasteiger charge is -2.37. The van der Waals surface area contributed by atoms with Gasteiger partial charge in [-0.25, -0.2) is 14.8 Å². The summed E-state index contributed by atoms with van der Waals surface area (Å²) in [6, 6.07) is 7.62. The zero-order chi connectivity index (χ0) is 25.2. The smallest absolute Gasteiger partial charge is 0.347 e. The van der Waals surface area contributed by atoms with E-state index in [0.717, 1.165) is 101 Å². The number of hydrogen-bond donors (Lipinski definition) is 0. The van der Waals surface area contributed by atoms with Crippen LogP contribution in [0.3, 0.4) is 0 Å². The number of anilines is 1. The Hall–Kier alpha value is -3.01. The van der Waals surface area contributed by atoms with Crippen LogP contribution in [0.25, 0.3) is 22.4 Å². The number of ether oxygens (including phenoxy) is 2. The molecule has 37 heavy (non-hydrogen) atoms. The van der Waals surface area contributed by atoms with Gasteiger partial charge in [0.1, 0.15) is 11.6 Å². The van der Waals surface area contributed by atoms with Gasteiger partial charge in [-0.2, -0.15) is 0 Å². The van der Waals surface area contributed by atoms with Gasteiger partial charge in [0.25, 0.3) is 0 Å². The Morgan fingerprint density at radius 3 is 2.49 bits per heavy atom. The second-order valence-corrected chi connectivity index (χ2v) is 10.2. The summed E-state index contributed by atoms with van der Waals surface area (Å²) < 4.78 is 16.9. The standard InChI is InChI=1S/C28H35N5O4/c1-35-21-18-23(20-4-2-5-20)25-24(19-21)30-27(37-28(25)34)22-6-3-7-29-26(22)33-12-10-31(11-13-33)8-9-32-14-16-36-17-15-32/h3,6-7,18-20H,2,4-5,8-17H2,1H3. The van der Waals surface area contributed by atoms with Crippen LogP contribution in [0.1, 0.15) is 30.7 Å². The number of piperazine rings is 1. The summed E-state index contributed by atoms with van der Waals surface area (Å²) >= 11 is 0. The maximum absolute atomic E-state index is 13.3. The fourth-order valence-electron chi connectivity index (χ4n) is 5.58. The number of methoxy groups -OCH3 is 1. The molecule has 3 aliphatic rings. The van der Waals surface area contributed by atoms with Gasteiger partial charge < -0.3 is 18.8 Å². The molecule has 2 saturated heterocycles. The first-order valence-corrected chi connectivity index (χ1v) is 13.4. The van der Waals surface area contributed by atoms with Crippen LogP contribution in [0.2, 0.25) is 0 Å². The van der Waals surface area contributed by atoms with E-state index in [9.17, 15) is 4.79 Å². The van der Waals surface area contributed by atoms with Crippen molar-refractivity contribution < 1.29 is 13.9 Å². The topological polar surface area (TPSA) is 84.2 Å². The van der Waals surface area contributed by atoms with E-state index < -0.39 is 0 Å². The van der Waals surface area contributed by atoms with Gasteiger partial charge in [0.15, 0.2) is 0 Å². The molecule has 196 valence electrons. The van der Waals surface area contributed by atoms with E-state index in [2.05, 4.69) is 14.7 Å². The minimum atomic E-state index is -0.340. The number of morpholine rings is 1. The molecular formula is C28H35N5O4. The third kappa shape index (κ3) is 5.08. The second-order valence-electron chi connectivity index (χ2n) is 10.2. The molecule has 3 aromatic rings. The number of rotatable bonds is 7. The van der Waals surface area contributed by atoms with E-state index in [1.54, 1.807) is 13.3 Å². The molecule has 0 N–H and O–H groups in total. The van der Waals surface area contributed by atoms with Crippen LogP contribution >= 0.6 is 0 Å². The Labute approximate surface area is 217 Å². The number of pyridine rings is 1. The predicted octanol–water partition coefficient (Wildman–Crippen LogP) is 2.98. The zero-order valence-electron chi connectivity index (χ0n) is 21.5. The van der Waals surface area contributed by atoms with E-state index in [4.69, 9.17) is 23.9 Å². The van der Waals surface area contributed by atoms with Crippen LogP contribution in [0.4, 0.5) is 5.82 Å². The Kier molecular flexibility index (Phi) is 7.08. The van der Waals surface area contributed by atoms with Crippen LogP contribution in [0.15, 0.2) is 39.7 Å². The molecule has 6 rings (SSSR count). The maximum atomic E-state index is 13.3. The zero-order valence-corrected chi connectivity index (χ0v) is 21.5. The normalized spacial score (nSPS) is 19.8. The minimum absolute atomic E-state index is 0.308. The molecule has 1 aromatic carbocycles. The van der Waals surface area contributed by atoms with E-state index >= 15 is 0 Å². The van der Waals surface area contributed by atoms with Crippen molar-refractivity contribution in [3.63, 3.8) is 0 Å². The molecule has 1 aliphatic carbocycles. The molecule has 0 unspecified atom stereocenters. The quantitative estimate of drug-likeness (QED) is 0.481. The fourth-order valence-corrected chi connectivity index (χ4v) is 5.58. The Balaban J connectivity index is 1.23. The summed E-state index contributed by atoms with van der Waals surface area (Å²) in [5.41, 5.74) is 2.02. The van der Waals surface area contributed by atoms with Gasteiger partial charge in [-0.3, -0.25) is 9.80 Å². The fraction of sp³-hybridized carbons (Fsp3) is 0.536. The van der Waals surface area contributed by atoms with Crippen LogP contribution in [0.5, 0.6) is 5.75 Å². The van der Waals surface area contributed by atoms with Gasteiger partial charge in [-0.1, -0.05) is 6.42 Å². The average Bonchev–Trinajstić information content (AvgIpc) is 2.91. The molecule has 2 aliphatic heterocycles. The molecule has 9 nitrogen and oxygen atoms in total. The van der Waals surface area contributed by atoms with Gasteiger partial charge in [-0.15, -0.1) is 0 Å². The summed E-state index contributed by atoms with van der Waals surface area (Å²) in [6.07, 6.45) is 5.13. The van der Waals surface area contributed by atoms with Gasteiger partial charge in [0.2, 0.25) is 5.89 Å². The lowest BCUT2D eigenvalue weighted by Crippen LogP contribution is -2.49. The molecular weight excluding hydrogens is 470 g/mol. The van der Waals surface area contributed by atoms with Gasteiger partial charge in [0.05, 0.1) is 36.8 Å². The highest BCUT2D eigenvalue weighted by atomic mass is 16.5. The summed E-state index contributed by atoms with van der Waals surface area (Å²) in [6.45, 7) is 9.54. The third-order valence-electron chi connectivity index (χ3n) is 8.04. The Morgan fingerprint density at radius 1 is 1.03 bits per heavy atom. The van der Waals surface area contributed by atoms with E-state index in [1.807, 2.05) is 24.3 Å². The number of benzene rings is 1. The summed E-state index contributed by atoms with van der Waals surface area (Å²) in [5.74, 6) is 2.20. The lowest BCUT2D eigenvalue weighted by atomic mass is 9.79. The second kappa shape index (κ2) is 10.8. The summed E-state index contributed by atoms with van der Waals surface area (Å²) in [5, 5.41) is 0.577. The van der Waals surface area contributed by atoms with Crippen LogP contribution < -0.4 is 15.3 Å². The van der Waals surface area contributed by atoms with Crippen molar-refractivity contribution in [3.8, 4) is 17.2 Å². The van der Waals surface area contributed by atoms with Gasteiger partial charge >= 0.3 is 5.63 Å². The van der Waals surface area contributed by atoms with Crippen LogP contribution in [-0.2, 0) is 4.74 Å². The first kappa shape index (κ1) is 24.3. The minimum Gasteiger partial charge on any atom is -0.497 e. The molecule has 4 heterocycles. The van der Waals surface area contributed by atoms with Crippen molar-refractivity contribution in [1.82, 2.24) is 19.8 Å². The number of aromatic nitrogens is 2. The Bertz CT molecular complexity index is 1290. The largest absolute Gasteiger partial charge is 0.497 e. The first-order valence-electron chi connectivity index (χ1n) is 13.4. The van der Waals surface area contributed by atoms with Crippen LogP contribution in [0, 0.1) is 0 Å². The van der Waals surface area contributed by atoms with Gasteiger partial charge in [-0.05, 0) is 42.5 Å². The number of fused-ring (bicyclic) bond motifs is 1. The van der Waals surface area contributed by atoms with Crippen molar-refractivity contribution >= 4 is 16.7 Å². The highest BCUT2D eigenvalue weighted by molar-refractivity contribution is 5.85. The molecule has 0 amide bonds. The monoisotopic (exact) mass is 505 g/mol. The first-order chi connectivity index (χ1) is 18.2. The molecule has 0 bridgehead atoms. The highest BCUT2D eigenvalue weighted by Crippen LogP contribution is 2.41. The van der Waals surface area contributed by atoms with E-state index in [1.165, 1.54) is 6.42 Å². The molecule has 0 atom stereocenters. The molecule has 1 saturated carbocycles. The third-order valence-corrected chi connectivity index (χ3v) is 8.04. The van der Waals surface area contributed by atoms with Crippen molar-refractivity contribution in [2.24, 2.45) is 0 Å². The summed E-state index contributed by atoms with van der Waals surface area (Å²) in [7, 11) is 1.65. The van der Waals surface area contributed by atoms with Crippen molar-refractivity contribution in [2.45, 2.75) is 25.2 Å². The van der Waals surface area contributed by atoms with Crippen LogP contribution in [-0.4, -0.2) is 92.4 Å². The summed E-state index contributed by atoms with van der Waals surface area (Å²) in [4.78, 5) is 30.1. The molecule has 0 radical (unpaired) electrons. The predicted molar refractivity (Wildman–Crippen MR) is 143 cm³/mol. The van der Waals surface area contributed by atoms with Crippen molar-refractivity contribution in [1.29, 1.82) is 0 Å². The van der Waals surface area contributed by atoms with Crippen molar-refractivity contribution in [3.05, 3.63) is 46.4 Å². The number of hydrogen-bond acceptors (Lipinski definition) is 9. The highest BCUT2D eigenvalue weighted by Gasteiger charge is 2.27. The van der Waals surface area contributed by atoms with E-state index in [0.29, 0.717) is 22.7 Å². The van der Waals surface area contributed by atoms with Crippen molar-refractivity contribution in [2.75, 3.05) is 77.6 Å². The van der Waals surface area contributed by atoms with Gasteiger partial charge in [0, 0.05) is 64.6 Å². The molecule has 3 fully saturated rings. The maximum Gasteiger partial charge on any atom is 0.347 e. The SMILES string of the molecule is COc1cc(C2CCC2)c2c(=O)oc(-c3cccnc3N3CCN(CCN4CCOCC4)CC3)nc2c1. The molecule has 2 aromatic heterocycles. The Morgan fingerprint density at radius 2 is 1.78 bits per heavy atom. The molecule has 9 heteroatoms. The average molecular weight is 506 g/mol.